The van der Waals surface area contributed by atoms with Crippen molar-refractivity contribution >= 4 is 0 Å². The van der Waals surface area contributed by atoms with Crippen molar-refractivity contribution in [3.05, 3.63) is 35.1 Å². The van der Waals surface area contributed by atoms with Crippen molar-refractivity contribution in [1.82, 2.24) is 5.43 Å². The quantitative estimate of drug-likeness (QED) is 0.596. The van der Waals surface area contributed by atoms with Gasteiger partial charge in [0.25, 0.3) is 0 Å². The number of hydrazine groups is 1. The molecule has 0 aromatic heterocycles. The van der Waals surface area contributed by atoms with Gasteiger partial charge in [-0.05, 0) is 48.9 Å². The lowest BCUT2D eigenvalue weighted by Crippen LogP contribution is -2.29. The monoisotopic (exact) mass is 224 g/mol. The summed E-state index contributed by atoms with van der Waals surface area (Å²) in [6, 6.07) is 4.89. The smallest absolute Gasteiger partial charge is 0.123 e. The van der Waals surface area contributed by atoms with Gasteiger partial charge >= 0.3 is 0 Å². The van der Waals surface area contributed by atoms with E-state index in [1.165, 1.54) is 6.07 Å². The third-order valence-corrected chi connectivity index (χ3v) is 2.85. The molecule has 1 atom stereocenters. The Hall–Kier alpha value is -0.930. The Morgan fingerprint density at radius 3 is 2.56 bits per heavy atom. The summed E-state index contributed by atoms with van der Waals surface area (Å²) in [4.78, 5) is 0. The van der Waals surface area contributed by atoms with E-state index in [-0.39, 0.29) is 11.9 Å². The average molecular weight is 224 g/mol. The number of nitrogens with two attached hydrogens (primary N) is 1. The maximum atomic E-state index is 13.2. The molecule has 0 amide bonds. The molecule has 0 radical (unpaired) electrons. The van der Waals surface area contributed by atoms with Gasteiger partial charge in [0, 0.05) is 6.04 Å². The summed E-state index contributed by atoms with van der Waals surface area (Å²) in [7, 11) is 0. The molecule has 0 saturated heterocycles. The number of aryl methyl sites for hydroxylation is 1. The Morgan fingerprint density at radius 2 is 2.00 bits per heavy atom. The molecule has 0 heterocycles. The zero-order chi connectivity index (χ0) is 12.1. The van der Waals surface area contributed by atoms with Crippen LogP contribution in [-0.4, -0.2) is 0 Å². The summed E-state index contributed by atoms with van der Waals surface area (Å²) < 4.78 is 13.2. The minimum absolute atomic E-state index is 0.0399. The lowest BCUT2D eigenvalue weighted by molar-refractivity contribution is 0.445. The van der Waals surface area contributed by atoms with Crippen molar-refractivity contribution in [1.29, 1.82) is 0 Å². The van der Waals surface area contributed by atoms with E-state index in [4.69, 9.17) is 5.84 Å². The Bertz CT molecular complexity index is 337. The molecule has 0 spiro atoms. The summed E-state index contributed by atoms with van der Waals surface area (Å²) in [5, 5.41) is 0. The van der Waals surface area contributed by atoms with Crippen LogP contribution in [0.1, 0.15) is 43.9 Å². The van der Waals surface area contributed by atoms with Gasteiger partial charge in [0.1, 0.15) is 5.82 Å². The van der Waals surface area contributed by atoms with Gasteiger partial charge in [0.2, 0.25) is 0 Å². The first-order chi connectivity index (χ1) is 7.54. The zero-order valence-corrected chi connectivity index (χ0v) is 10.3. The van der Waals surface area contributed by atoms with Gasteiger partial charge in [0.05, 0.1) is 0 Å². The second kappa shape index (κ2) is 5.97. The van der Waals surface area contributed by atoms with Crippen LogP contribution in [0, 0.1) is 18.7 Å². The molecule has 16 heavy (non-hydrogen) atoms. The molecule has 0 saturated carbocycles. The molecule has 3 N–H and O–H groups in total. The lowest BCUT2D eigenvalue weighted by Gasteiger charge is -2.19. The highest BCUT2D eigenvalue weighted by atomic mass is 19.1. The average Bonchev–Trinajstić information content (AvgIpc) is 2.23. The fourth-order valence-corrected chi connectivity index (χ4v) is 1.82. The highest BCUT2D eigenvalue weighted by Gasteiger charge is 2.13. The van der Waals surface area contributed by atoms with Crippen molar-refractivity contribution in [3.63, 3.8) is 0 Å². The summed E-state index contributed by atoms with van der Waals surface area (Å²) >= 11 is 0. The first-order valence-corrected chi connectivity index (χ1v) is 5.76. The molecule has 0 aliphatic rings. The van der Waals surface area contributed by atoms with E-state index in [2.05, 4.69) is 19.3 Å². The highest BCUT2D eigenvalue weighted by molar-refractivity contribution is 5.29. The van der Waals surface area contributed by atoms with Crippen LogP contribution in [0.5, 0.6) is 0 Å². The van der Waals surface area contributed by atoms with Gasteiger partial charge in [-0.3, -0.25) is 11.3 Å². The molecule has 0 fully saturated rings. The standard InChI is InChI=1S/C13H21FN2/c1-9(2)4-7-13(16-15)12-8-11(14)6-5-10(12)3/h5-6,8-9,13,16H,4,7,15H2,1-3H3. The molecular weight excluding hydrogens is 203 g/mol. The first kappa shape index (κ1) is 13.1. The van der Waals surface area contributed by atoms with Gasteiger partial charge < -0.3 is 0 Å². The number of hydrogen-bond donors (Lipinski definition) is 2. The Kier molecular flexibility index (Phi) is 4.90. The minimum Gasteiger partial charge on any atom is -0.271 e. The van der Waals surface area contributed by atoms with Crippen LogP contribution in [0.3, 0.4) is 0 Å². The lowest BCUT2D eigenvalue weighted by atomic mass is 9.95. The maximum Gasteiger partial charge on any atom is 0.123 e. The minimum atomic E-state index is -0.203. The molecule has 2 nitrogen and oxygen atoms in total. The van der Waals surface area contributed by atoms with E-state index in [1.54, 1.807) is 12.1 Å². The Morgan fingerprint density at radius 1 is 1.31 bits per heavy atom. The topological polar surface area (TPSA) is 38.0 Å². The van der Waals surface area contributed by atoms with Crippen LogP contribution in [0.2, 0.25) is 0 Å². The van der Waals surface area contributed by atoms with E-state index in [9.17, 15) is 4.39 Å². The number of benzene rings is 1. The molecule has 90 valence electrons. The number of nitrogens with one attached hydrogen (secondary N) is 1. The normalized spacial score (nSPS) is 13.1. The maximum absolute atomic E-state index is 13.2. The predicted molar refractivity (Wildman–Crippen MR) is 65.3 cm³/mol. The van der Waals surface area contributed by atoms with E-state index in [0.717, 1.165) is 24.0 Å². The van der Waals surface area contributed by atoms with Gasteiger partial charge in [-0.2, -0.15) is 0 Å². The molecule has 3 heteroatoms. The fraction of sp³-hybridized carbons (Fsp3) is 0.538. The summed E-state index contributed by atoms with van der Waals surface area (Å²) in [5.74, 6) is 5.96. The van der Waals surface area contributed by atoms with Crippen LogP contribution >= 0.6 is 0 Å². The number of rotatable bonds is 5. The van der Waals surface area contributed by atoms with Gasteiger partial charge in [0.15, 0.2) is 0 Å². The van der Waals surface area contributed by atoms with Gasteiger partial charge in [-0.15, -0.1) is 0 Å². The molecule has 1 unspecified atom stereocenters. The van der Waals surface area contributed by atoms with Crippen LogP contribution < -0.4 is 11.3 Å². The molecule has 0 aliphatic heterocycles. The largest absolute Gasteiger partial charge is 0.271 e. The summed E-state index contributed by atoms with van der Waals surface area (Å²) in [6.45, 7) is 6.33. The van der Waals surface area contributed by atoms with E-state index in [1.807, 2.05) is 6.92 Å². The van der Waals surface area contributed by atoms with E-state index >= 15 is 0 Å². The number of hydrogen-bond acceptors (Lipinski definition) is 2. The Labute approximate surface area is 97.0 Å². The zero-order valence-electron chi connectivity index (χ0n) is 10.3. The Balaban J connectivity index is 2.81. The van der Waals surface area contributed by atoms with Crippen molar-refractivity contribution in [2.45, 2.75) is 39.7 Å². The second-order valence-electron chi connectivity index (χ2n) is 4.69. The fourth-order valence-electron chi connectivity index (χ4n) is 1.82. The van der Waals surface area contributed by atoms with Gasteiger partial charge in [-0.25, -0.2) is 4.39 Å². The van der Waals surface area contributed by atoms with Crippen LogP contribution in [0.25, 0.3) is 0 Å². The molecule has 0 bridgehead atoms. The van der Waals surface area contributed by atoms with Crippen molar-refractivity contribution in [3.8, 4) is 0 Å². The molecule has 1 aromatic carbocycles. The molecular formula is C13H21FN2. The second-order valence-corrected chi connectivity index (χ2v) is 4.69. The van der Waals surface area contributed by atoms with Crippen LogP contribution in [-0.2, 0) is 0 Å². The summed E-state index contributed by atoms with van der Waals surface area (Å²) in [5.41, 5.74) is 4.81. The van der Waals surface area contributed by atoms with E-state index < -0.39 is 0 Å². The SMILES string of the molecule is Cc1ccc(F)cc1C(CCC(C)C)NN. The first-order valence-electron chi connectivity index (χ1n) is 5.76. The van der Waals surface area contributed by atoms with Crippen molar-refractivity contribution in [2.75, 3.05) is 0 Å². The van der Waals surface area contributed by atoms with Crippen LogP contribution in [0.4, 0.5) is 4.39 Å². The third-order valence-electron chi connectivity index (χ3n) is 2.85. The summed E-state index contributed by atoms with van der Waals surface area (Å²) in [6.07, 6.45) is 2.00. The van der Waals surface area contributed by atoms with Crippen molar-refractivity contribution < 1.29 is 4.39 Å². The van der Waals surface area contributed by atoms with E-state index in [0.29, 0.717) is 5.92 Å². The number of halogens is 1. The molecule has 0 aliphatic carbocycles. The van der Waals surface area contributed by atoms with Gasteiger partial charge in [-0.1, -0.05) is 19.9 Å². The molecule has 1 aromatic rings. The van der Waals surface area contributed by atoms with Crippen molar-refractivity contribution in [2.24, 2.45) is 11.8 Å². The third kappa shape index (κ3) is 3.58. The predicted octanol–water partition coefficient (Wildman–Crippen LogP) is 3.07. The van der Waals surface area contributed by atoms with Crippen LogP contribution in [0.15, 0.2) is 18.2 Å². The molecule has 1 rings (SSSR count). The highest BCUT2D eigenvalue weighted by Crippen LogP contribution is 2.23.